The second-order valence-electron chi connectivity index (χ2n) is 3.85. The van der Waals surface area contributed by atoms with E-state index in [4.69, 9.17) is 11.6 Å². The second-order valence-corrected chi connectivity index (χ2v) is 4.26. The molecule has 1 unspecified atom stereocenters. The molecule has 2 aromatic rings. The third-order valence-corrected chi connectivity index (χ3v) is 2.90. The van der Waals surface area contributed by atoms with Crippen molar-refractivity contribution in [3.8, 4) is 0 Å². The van der Waals surface area contributed by atoms with Gasteiger partial charge in [-0.2, -0.15) is 5.10 Å². The van der Waals surface area contributed by atoms with Crippen LogP contribution in [0.2, 0.25) is 5.02 Å². The van der Waals surface area contributed by atoms with Crippen molar-refractivity contribution < 1.29 is 5.11 Å². The lowest BCUT2D eigenvalue weighted by Gasteiger charge is -2.13. The summed E-state index contributed by atoms with van der Waals surface area (Å²) < 4.78 is 1.68. The fourth-order valence-corrected chi connectivity index (χ4v) is 1.99. The highest BCUT2D eigenvalue weighted by atomic mass is 35.5. The Balaban J connectivity index is 2.43. The molecule has 0 aliphatic carbocycles. The molecule has 0 amide bonds. The summed E-state index contributed by atoms with van der Waals surface area (Å²) in [5, 5.41) is 14.9. The topological polar surface area (TPSA) is 50.9 Å². The molecule has 0 aliphatic heterocycles. The number of aromatic nitrogens is 3. The maximum atomic E-state index is 10.3. The molecule has 0 aromatic carbocycles. The van der Waals surface area contributed by atoms with Gasteiger partial charge < -0.3 is 5.11 Å². The van der Waals surface area contributed by atoms with Gasteiger partial charge in [0.25, 0.3) is 0 Å². The van der Waals surface area contributed by atoms with E-state index in [1.54, 1.807) is 17.1 Å². The molecule has 0 bridgehead atoms. The summed E-state index contributed by atoms with van der Waals surface area (Å²) in [6.07, 6.45) is 2.37. The summed E-state index contributed by atoms with van der Waals surface area (Å²) in [5.74, 6) is 0. The number of aliphatic hydroxyl groups is 1. The van der Waals surface area contributed by atoms with Crippen LogP contribution in [0, 0.1) is 6.92 Å². The van der Waals surface area contributed by atoms with Gasteiger partial charge in [-0.3, -0.25) is 9.67 Å². The predicted octanol–water partition coefficient (Wildman–Crippen LogP) is 2.34. The van der Waals surface area contributed by atoms with Crippen LogP contribution in [0.4, 0.5) is 0 Å². The van der Waals surface area contributed by atoms with E-state index in [2.05, 4.69) is 10.1 Å². The number of hydrogen-bond donors (Lipinski definition) is 1. The summed E-state index contributed by atoms with van der Waals surface area (Å²) in [4.78, 5) is 4.16. The summed E-state index contributed by atoms with van der Waals surface area (Å²) in [7, 11) is 0. The number of rotatable bonds is 3. The van der Waals surface area contributed by atoms with Crippen molar-refractivity contribution in [2.24, 2.45) is 0 Å². The number of pyridine rings is 1. The molecule has 0 spiro atoms. The Morgan fingerprint density at radius 1 is 1.53 bits per heavy atom. The van der Waals surface area contributed by atoms with Crippen molar-refractivity contribution in [1.29, 1.82) is 0 Å². The van der Waals surface area contributed by atoms with Gasteiger partial charge in [0.1, 0.15) is 6.10 Å². The van der Waals surface area contributed by atoms with Gasteiger partial charge in [-0.1, -0.05) is 11.6 Å². The average molecular weight is 252 g/mol. The van der Waals surface area contributed by atoms with Gasteiger partial charge in [0, 0.05) is 12.7 Å². The molecule has 1 atom stereocenters. The molecule has 2 heterocycles. The smallest absolute Gasteiger partial charge is 0.139 e. The maximum Gasteiger partial charge on any atom is 0.139 e. The van der Waals surface area contributed by atoms with Crippen LogP contribution in [0.15, 0.2) is 24.5 Å². The van der Waals surface area contributed by atoms with Crippen LogP contribution in [0.1, 0.15) is 30.0 Å². The Bertz CT molecular complexity index is 524. The zero-order chi connectivity index (χ0) is 12.4. The van der Waals surface area contributed by atoms with Crippen molar-refractivity contribution in [2.75, 3.05) is 0 Å². The van der Waals surface area contributed by atoms with Crippen molar-refractivity contribution in [1.82, 2.24) is 14.8 Å². The summed E-state index contributed by atoms with van der Waals surface area (Å²) >= 11 is 6.04. The van der Waals surface area contributed by atoms with Crippen LogP contribution in [0.5, 0.6) is 0 Å². The van der Waals surface area contributed by atoms with Gasteiger partial charge in [-0.15, -0.1) is 0 Å². The molecule has 2 aromatic heterocycles. The van der Waals surface area contributed by atoms with E-state index in [9.17, 15) is 5.11 Å². The predicted molar refractivity (Wildman–Crippen MR) is 65.9 cm³/mol. The SMILES string of the molecule is CCn1ncc(Cl)c1C(O)c1cc(C)ccn1. The Morgan fingerprint density at radius 2 is 2.29 bits per heavy atom. The van der Waals surface area contributed by atoms with E-state index in [1.807, 2.05) is 26.0 Å². The Kier molecular flexibility index (Phi) is 3.45. The highest BCUT2D eigenvalue weighted by Crippen LogP contribution is 2.27. The fraction of sp³-hybridized carbons (Fsp3) is 0.333. The quantitative estimate of drug-likeness (QED) is 0.911. The third-order valence-electron chi connectivity index (χ3n) is 2.61. The molecule has 0 aliphatic rings. The van der Waals surface area contributed by atoms with Crippen molar-refractivity contribution in [2.45, 2.75) is 26.5 Å². The number of nitrogens with zero attached hydrogens (tertiary/aromatic N) is 3. The van der Waals surface area contributed by atoms with Crippen LogP contribution in [0.25, 0.3) is 0 Å². The van der Waals surface area contributed by atoms with E-state index in [0.29, 0.717) is 23.0 Å². The molecule has 0 saturated heterocycles. The standard InChI is InChI=1S/C12H14ClN3O/c1-3-16-11(9(13)7-15-16)12(17)10-6-8(2)4-5-14-10/h4-7,12,17H,3H2,1-2H3. The van der Waals surface area contributed by atoms with Gasteiger partial charge in [-0.25, -0.2) is 0 Å². The molecule has 1 N–H and O–H groups in total. The molecular formula is C12H14ClN3O. The van der Waals surface area contributed by atoms with Crippen LogP contribution < -0.4 is 0 Å². The zero-order valence-corrected chi connectivity index (χ0v) is 10.5. The zero-order valence-electron chi connectivity index (χ0n) is 9.76. The van der Waals surface area contributed by atoms with E-state index in [-0.39, 0.29) is 0 Å². The molecule has 17 heavy (non-hydrogen) atoms. The molecule has 5 heteroatoms. The number of halogens is 1. The first kappa shape index (κ1) is 12.1. The third kappa shape index (κ3) is 2.33. The average Bonchev–Trinajstić information content (AvgIpc) is 2.69. The molecule has 0 fully saturated rings. The van der Waals surface area contributed by atoms with Crippen LogP contribution in [-0.2, 0) is 6.54 Å². The minimum Gasteiger partial charge on any atom is -0.380 e. The highest BCUT2D eigenvalue weighted by molar-refractivity contribution is 6.31. The van der Waals surface area contributed by atoms with Crippen molar-refractivity contribution in [3.05, 3.63) is 46.5 Å². The molecule has 0 radical (unpaired) electrons. The largest absolute Gasteiger partial charge is 0.380 e. The summed E-state index contributed by atoms with van der Waals surface area (Å²) in [6, 6.07) is 3.73. The number of aryl methyl sites for hydroxylation is 2. The lowest BCUT2D eigenvalue weighted by atomic mass is 10.1. The molecule has 90 valence electrons. The Hall–Kier alpha value is -1.39. The van der Waals surface area contributed by atoms with Gasteiger partial charge in [-0.05, 0) is 31.5 Å². The lowest BCUT2D eigenvalue weighted by molar-refractivity contribution is 0.203. The first-order valence-electron chi connectivity index (χ1n) is 5.45. The normalized spacial score (nSPS) is 12.7. The first-order chi connectivity index (χ1) is 8.13. The number of aliphatic hydroxyl groups excluding tert-OH is 1. The highest BCUT2D eigenvalue weighted by Gasteiger charge is 2.20. The van der Waals surface area contributed by atoms with Crippen molar-refractivity contribution in [3.63, 3.8) is 0 Å². The summed E-state index contributed by atoms with van der Waals surface area (Å²) in [5.41, 5.74) is 2.22. The molecule has 0 saturated carbocycles. The van der Waals surface area contributed by atoms with Crippen LogP contribution in [-0.4, -0.2) is 19.9 Å². The van der Waals surface area contributed by atoms with Gasteiger partial charge >= 0.3 is 0 Å². The summed E-state index contributed by atoms with van der Waals surface area (Å²) in [6.45, 7) is 4.56. The Labute approximate surface area is 105 Å². The van der Waals surface area contributed by atoms with E-state index in [1.165, 1.54) is 0 Å². The minimum absolute atomic E-state index is 0.461. The maximum absolute atomic E-state index is 10.3. The molecule has 4 nitrogen and oxygen atoms in total. The van der Waals surface area contributed by atoms with Gasteiger partial charge in [0.15, 0.2) is 0 Å². The molecular weight excluding hydrogens is 238 g/mol. The fourth-order valence-electron chi connectivity index (χ4n) is 1.74. The van der Waals surface area contributed by atoms with Crippen LogP contribution in [0.3, 0.4) is 0 Å². The van der Waals surface area contributed by atoms with Crippen molar-refractivity contribution >= 4 is 11.6 Å². The van der Waals surface area contributed by atoms with E-state index < -0.39 is 6.10 Å². The van der Waals surface area contributed by atoms with Crippen LogP contribution >= 0.6 is 11.6 Å². The number of hydrogen-bond acceptors (Lipinski definition) is 3. The van der Waals surface area contributed by atoms with E-state index >= 15 is 0 Å². The van der Waals surface area contributed by atoms with Gasteiger partial charge in [0.05, 0.1) is 22.6 Å². The molecule has 2 rings (SSSR count). The minimum atomic E-state index is -0.843. The van der Waals surface area contributed by atoms with Gasteiger partial charge in [0.2, 0.25) is 0 Å². The monoisotopic (exact) mass is 251 g/mol. The first-order valence-corrected chi connectivity index (χ1v) is 5.83. The second kappa shape index (κ2) is 4.85. The van der Waals surface area contributed by atoms with E-state index in [0.717, 1.165) is 5.56 Å². The lowest BCUT2D eigenvalue weighted by Crippen LogP contribution is -2.10. The Morgan fingerprint density at radius 3 is 2.94 bits per heavy atom.